The normalized spacial score (nSPS) is 10.3. The summed E-state index contributed by atoms with van der Waals surface area (Å²) >= 11 is 17.3. The number of carbonyl (C=O) groups excluding carboxylic acids is 1. The molecular formula is C13H7Cl3FNO. The van der Waals surface area contributed by atoms with E-state index >= 15 is 0 Å². The fraction of sp³-hybridized carbons (Fsp3) is 0. The van der Waals surface area contributed by atoms with Crippen LogP contribution in [0.5, 0.6) is 0 Å². The zero-order valence-electron chi connectivity index (χ0n) is 9.38. The predicted molar refractivity (Wildman–Crippen MR) is 75.8 cm³/mol. The number of anilines is 1. The van der Waals surface area contributed by atoms with Crippen LogP contribution in [0.2, 0.25) is 15.1 Å². The predicted octanol–water partition coefficient (Wildman–Crippen LogP) is 5.04. The van der Waals surface area contributed by atoms with Gasteiger partial charge in [-0.3, -0.25) is 4.79 Å². The van der Waals surface area contributed by atoms with Crippen LogP contribution >= 0.6 is 34.8 Å². The maximum atomic E-state index is 13.5. The van der Waals surface area contributed by atoms with E-state index in [4.69, 9.17) is 34.8 Å². The van der Waals surface area contributed by atoms with E-state index in [1.54, 1.807) is 6.07 Å². The molecule has 19 heavy (non-hydrogen) atoms. The maximum absolute atomic E-state index is 13.5. The smallest absolute Gasteiger partial charge is 0.258 e. The monoisotopic (exact) mass is 317 g/mol. The van der Waals surface area contributed by atoms with Crippen LogP contribution in [0.15, 0.2) is 36.4 Å². The summed E-state index contributed by atoms with van der Waals surface area (Å²) in [6.45, 7) is 0. The molecule has 1 amide bonds. The van der Waals surface area contributed by atoms with Crippen molar-refractivity contribution in [2.45, 2.75) is 0 Å². The van der Waals surface area contributed by atoms with Gasteiger partial charge in [-0.1, -0.05) is 34.8 Å². The summed E-state index contributed by atoms with van der Waals surface area (Å²) in [5.74, 6) is -1.26. The molecule has 0 aromatic heterocycles. The Labute approximate surface area is 124 Å². The first-order valence-corrected chi connectivity index (χ1v) is 6.32. The minimum Gasteiger partial charge on any atom is -0.322 e. The molecule has 0 saturated heterocycles. The van der Waals surface area contributed by atoms with E-state index < -0.39 is 11.7 Å². The highest BCUT2D eigenvalue weighted by Crippen LogP contribution is 2.25. The number of amides is 1. The Bertz CT molecular complexity index is 646. The molecule has 0 bridgehead atoms. The van der Waals surface area contributed by atoms with Crippen LogP contribution in [0.4, 0.5) is 10.1 Å². The van der Waals surface area contributed by atoms with Gasteiger partial charge in [0.05, 0.1) is 15.6 Å². The molecule has 0 unspecified atom stereocenters. The highest BCUT2D eigenvalue weighted by Gasteiger charge is 2.13. The molecule has 0 aliphatic rings. The summed E-state index contributed by atoms with van der Waals surface area (Å²) in [6, 6.07) is 8.33. The van der Waals surface area contributed by atoms with Crippen molar-refractivity contribution in [1.82, 2.24) is 0 Å². The van der Waals surface area contributed by atoms with Crippen LogP contribution in [0, 0.1) is 5.82 Å². The zero-order valence-corrected chi connectivity index (χ0v) is 11.7. The van der Waals surface area contributed by atoms with E-state index in [0.29, 0.717) is 15.7 Å². The number of rotatable bonds is 2. The Morgan fingerprint density at radius 2 is 1.74 bits per heavy atom. The first-order chi connectivity index (χ1) is 8.97. The van der Waals surface area contributed by atoms with Crippen LogP contribution in [0.1, 0.15) is 10.4 Å². The zero-order chi connectivity index (χ0) is 14.0. The van der Waals surface area contributed by atoms with Crippen molar-refractivity contribution in [3.63, 3.8) is 0 Å². The van der Waals surface area contributed by atoms with Crippen molar-refractivity contribution in [3.05, 3.63) is 62.8 Å². The lowest BCUT2D eigenvalue weighted by Crippen LogP contribution is -2.13. The van der Waals surface area contributed by atoms with E-state index in [0.717, 1.165) is 6.07 Å². The number of hydrogen-bond donors (Lipinski definition) is 1. The summed E-state index contributed by atoms with van der Waals surface area (Å²) in [5, 5.41) is 3.46. The second kappa shape index (κ2) is 5.78. The van der Waals surface area contributed by atoms with Gasteiger partial charge in [-0.25, -0.2) is 4.39 Å². The number of halogens is 4. The lowest BCUT2D eigenvalue weighted by atomic mass is 10.2. The average molecular weight is 319 g/mol. The summed E-state index contributed by atoms with van der Waals surface area (Å²) < 4.78 is 13.5. The third kappa shape index (κ3) is 3.38. The molecule has 0 atom stereocenters. The minimum atomic E-state index is -0.651. The Balaban J connectivity index is 2.25. The lowest BCUT2D eigenvalue weighted by Gasteiger charge is -2.07. The standard InChI is InChI=1S/C13H7Cl3FNO/c14-7-1-4-12(17)9(5-7)13(19)18-8-2-3-10(15)11(16)6-8/h1-6H,(H,18,19). The Morgan fingerprint density at radius 1 is 1.00 bits per heavy atom. The summed E-state index contributed by atoms with van der Waals surface area (Å²) in [7, 11) is 0. The van der Waals surface area contributed by atoms with E-state index in [2.05, 4.69) is 5.32 Å². The van der Waals surface area contributed by atoms with Crippen molar-refractivity contribution >= 4 is 46.4 Å². The van der Waals surface area contributed by atoms with Gasteiger partial charge < -0.3 is 5.32 Å². The van der Waals surface area contributed by atoms with Crippen LogP contribution in [-0.2, 0) is 0 Å². The van der Waals surface area contributed by atoms with Gasteiger partial charge in [-0.15, -0.1) is 0 Å². The molecule has 0 radical (unpaired) electrons. The second-order valence-corrected chi connectivity index (χ2v) is 4.96. The van der Waals surface area contributed by atoms with Crippen molar-refractivity contribution in [3.8, 4) is 0 Å². The summed E-state index contributed by atoms with van der Waals surface area (Å²) in [6.07, 6.45) is 0. The maximum Gasteiger partial charge on any atom is 0.258 e. The largest absolute Gasteiger partial charge is 0.322 e. The molecule has 1 N–H and O–H groups in total. The summed E-state index contributed by atoms with van der Waals surface area (Å²) in [4.78, 5) is 11.9. The Morgan fingerprint density at radius 3 is 2.42 bits per heavy atom. The fourth-order valence-electron chi connectivity index (χ4n) is 1.44. The van der Waals surface area contributed by atoms with Crippen LogP contribution in [-0.4, -0.2) is 5.91 Å². The quantitative estimate of drug-likeness (QED) is 0.826. The molecule has 2 nitrogen and oxygen atoms in total. The molecule has 98 valence electrons. The Hall–Kier alpha value is -1.29. The molecule has 2 aromatic rings. The third-order valence-corrected chi connectivity index (χ3v) is 3.32. The van der Waals surface area contributed by atoms with Gasteiger partial charge in [-0.2, -0.15) is 0 Å². The van der Waals surface area contributed by atoms with E-state index in [9.17, 15) is 9.18 Å². The third-order valence-electron chi connectivity index (χ3n) is 2.35. The average Bonchev–Trinajstić information content (AvgIpc) is 2.36. The van der Waals surface area contributed by atoms with Crippen molar-refractivity contribution < 1.29 is 9.18 Å². The first kappa shape index (κ1) is 14.1. The molecule has 6 heteroatoms. The molecule has 2 aromatic carbocycles. The van der Waals surface area contributed by atoms with Gasteiger partial charge >= 0.3 is 0 Å². The van der Waals surface area contributed by atoms with Crippen LogP contribution in [0.3, 0.4) is 0 Å². The number of carbonyl (C=O) groups is 1. The minimum absolute atomic E-state index is 0.140. The van der Waals surface area contributed by atoms with E-state index in [1.165, 1.54) is 24.3 Å². The van der Waals surface area contributed by atoms with Gasteiger partial charge in [-0.05, 0) is 36.4 Å². The second-order valence-electron chi connectivity index (χ2n) is 3.71. The van der Waals surface area contributed by atoms with Gasteiger partial charge in [0.25, 0.3) is 5.91 Å². The fourth-order valence-corrected chi connectivity index (χ4v) is 1.91. The molecule has 0 aliphatic carbocycles. The van der Waals surface area contributed by atoms with Crippen LogP contribution in [0.25, 0.3) is 0 Å². The molecule has 0 fully saturated rings. The van der Waals surface area contributed by atoms with Crippen molar-refractivity contribution in [2.75, 3.05) is 5.32 Å². The number of benzene rings is 2. The number of nitrogens with one attached hydrogen (secondary N) is 1. The van der Waals surface area contributed by atoms with E-state index in [-0.39, 0.29) is 10.6 Å². The van der Waals surface area contributed by atoms with Gasteiger partial charge in [0, 0.05) is 10.7 Å². The first-order valence-electron chi connectivity index (χ1n) is 5.19. The summed E-state index contributed by atoms with van der Waals surface area (Å²) in [5.41, 5.74) is 0.275. The van der Waals surface area contributed by atoms with Gasteiger partial charge in [0.15, 0.2) is 0 Å². The molecule has 0 saturated carbocycles. The molecular weight excluding hydrogens is 312 g/mol. The van der Waals surface area contributed by atoms with Gasteiger partial charge in [0.1, 0.15) is 5.82 Å². The topological polar surface area (TPSA) is 29.1 Å². The molecule has 0 spiro atoms. The molecule has 2 rings (SSSR count). The highest BCUT2D eigenvalue weighted by molar-refractivity contribution is 6.42. The molecule has 0 heterocycles. The SMILES string of the molecule is O=C(Nc1ccc(Cl)c(Cl)c1)c1cc(Cl)ccc1F. The van der Waals surface area contributed by atoms with E-state index in [1.807, 2.05) is 0 Å². The van der Waals surface area contributed by atoms with Crippen molar-refractivity contribution in [1.29, 1.82) is 0 Å². The van der Waals surface area contributed by atoms with Gasteiger partial charge in [0.2, 0.25) is 0 Å². The van der Waals surface area contributed by atoms with Crippen molar-refractivity contribution in [2.24, 2.45) is 0 Å². The Kier molecular flexibility index (Phi) is 4.30. The number of hydrogen-bond acceptors (Lipinski definition) is 1. The highest BCUT2D eigenvalue weighted by atomic mass is 35.5. The lowest BCUT2D eigenvalue weighted by molar-refractivity contribution is 0.102. The molecule has 0 aliphatic heterocycles. The van der Waals surface area contributed by atoms with Crippen LogP contribution < -0.4 is 5.32 Å².